The van der Waals surface area contributed by atoms with E-state index in [2.05, 4.69) is 126 Å². The minimum Gasteiger partial charge on any atom is -0.264 e. The summed E-state index contributed by atoms with van der Waals surface area (Å²) in [4.78, 5) is 4.68. The Hall–Kier alpha value is -4.57. The van der Waals surface area contributed by atoms with Crippen LogP contribution in [0, 0.1) is 0 Å². The van der Waals surface area contributed by atoms with Crippen LogP contribution in [0.15, 0.2) is 128 Å². The molecule has 0 aliphatic heterocycles. The Bertz CT molecular complexity index is 2220. The first kappa shape index (κ1) is 22.3. The summed E-state index contributed by atoms with van der Waals surface area (Å²) in [6, 6.07) is 42.2. The number of fused-ring (bicyclic) bond motifs is 8. The smallest absolute Gasteiger partial charge is 0.0361 e. The van der Waals surface area contributed by atoms with Crippen LogP contribution in [-0.4, -0.2) is 4.98 Å². The highest BCUT2D eigenvalue weighted by Gasteiger charge is 2.21. The predicted octanol–water partition coefficient (Wildman–Crippen LogP) is 11.5. The maximum Gasteiger partial charge on any atom is 0.0361 e. The largest absolute Gasteiger partial charge is 0.264 e. The van der Waals surface area contributed by atoms with Crippen LogP contribution in [0.25, 0.3) is 84.1 Å². The van der Waals surface area contributed by atoms with E-state index in [-0.39, 0.29) is 0 Å². The second-order valence-corrected chi connectivity index (χ2v) is 12.4. The highest BCUT2D eigenvalue weighted by atomic mass is 32.1. The van der Waals surface area contributed by atoms with E-state index in [1.165, 1.54) is 84.1 Å². The number of rotatable bonds is 2. The first-order valence-electron chi connectivity index (χ1n) is 13.5. The van der Waals surface area contributed by atoms with E-state index in [1.807, 2.05) is 28.9 Å². The summed E-state index contributed by atoms with van der Waals surface area (Å²) in [5, 5.41) is 10.3. The van der Waals surface area contributed by atoms with E-state index < -0.39 is 0 Å². The van der Waals surface area contributed by atoms with Crippen LogP contribution in [0.2, 0.25) is 0 Å². The summed E-state index contributed by atoms with van der Waals surface area (Å²) in [5.74, 6) is 0. The lowest BCUT2D eigenvalue weighted by Crippen LogP contribution is -1.92. The van der Waals surface area contributed by atoms with Gasteiger partial charge in [0.05, 0.1) is 0 Å². The molecule has 0 atom stereocenters. The van der Waals surface area contributed by atoms with Crippen LogP contribution in [0.1, 0.15) is 0 Å². The van der Waals surface area contributed by atoms with Crippen LogP contribution in [0.4, 0.5) is 0 Å². The Balaban J connectivity index is 1.49. The van der Waals surface area contributed by atoms with Crippen molar-refractivity contribution in [2.45, 2.75) is 0 Å². The van der Waals surface area contributed by atoms with E-state index >= 15 is 0 Å². The Morgan fingerprint density at radius 1 is 0.375 bits per heavy atom. The van der Waals surface area contributed by atoms with Crippen LogP contribution >= 0.6 is 22.7 Å². The van der Waals surface area contributed by atoms with Gasteiger partial charge in [-0.2, -0.15) is 0 Å². The number of hydrogen-bond acceptors (Lipinski definition) is 3. The zero-order valence-corrected chi connectivity index (χ0v) is 23.0. The van der Waals surface area contributed by atoms with Gasteiger partial charge in [-0.15, -0.1) is 22.7 Å². The lowest BCUT2D eigenvalue weighted by Gasteiger charge is -2.18. The Labute approximate surface area is 238 Å². The molecule has 0 N–H and O–H groups in total. The van der Waals surface area contributed by atoms with Gasteiger partial charge >= 0.3 is 0 Å². The fraction of sp³-hybridized carbons (Fsp3) is 0. The molecule has 186 valence electrons. The number of benzene rings is 6. The van der Waals surface area contributed by atoms with Gasteiger partial charge in [-0.3, -0.25) is 4.98 Å². The van der Waals surface area contributed by atoms with Crippen molar-refractivity contribution >= 4 is 84.6 Å². The predicted molar refractivity (Wildman–Crippen MR) is 176 cm³/mol. The summed E-state index contributed by atoms with van der Waals surface area (Å²) in [7, 11) is 0. The van der Waals surface area contributed by atoms with Crippen LogP contribution < -0.4 is 0 Å². The lowest BCUT2D eigenvalue weighted by atomic mass is 9.84. The number of hydrogen-bond donors (Lipinski definition) is 0. The van der Waals surface area contributed by atoms with Crippen molar-refractivity contribution < 1.29 is 0 Å². The van der Waals surface area contributed by atoms with E-state index in [0.717, 1.165) is 0 Å². The molecule has 3 aromatic heterocycles. The molecule has 1 nitrogen and oxygen atoms in total. The highest BCUT2D eigenvalue weighted by molar-refractivity contribution is 7.26. The van der Waals surface area contributed by atoms with Gasteiger partial charge in [0, 0.05) is 58.1 Å². The molecule has 0 saturated carbocycles. The molecule has 6 aromatic carbocycles. The van der Waals surface area contributed by atoms with Gasteiger partial charge in [0.15, 0.2) is 0 Å². The molecule has 9 aromatic rings. The summed E-state index contributed by atoms with van der Waals surface area (Å²) >= 11 is 3.74. The highest BCUT2D eigenvalue weighted by Crippen LogP contribution is 2.49. The second kappa shape index (κ2) is 8.46. The SMILES string of the molecule is c1ccc2c(c1)sc1cccc(-c3c4ccccc4c(-c4cccc5sc6ccccc6c45)c4cnccc34)c12. The molecule has 0 aliphatic rings. The monoisotopic (exact) mass is 543 g/mol. The molecule has 40 heavy (non-hydrogen) atoms. The summed E-state index contributed by atoms with van der Waals surface area (Å²) < 4.78 is 5.29. The fourth-order valence-corrected chi connectivity index (χ4v) is 8.83. The van der Waals surface area contributed by atoms with Crippen molar-refractivity contribution in [1.82, 2.24) is 4.98 Å². The molecule has 0 spiro atoms. The van der Waals surface area contributed by atoms with Gasteiger partial charge in [0.1, 0.15) is 0 Å². The summed E-state index contributed by atoms with van der Waals surface area (Å²) in [6.07, 6.45) is 4.01. The number of nitrogens with zero attached hydrogens (tertiary/aromatic N) is 1. The van der Waals surface area contributed by atoms with E-state index in [4.69, 9.17) is 0 Å². The van der Waals surface area contributed by atoms with Crippen molar-refractivity contribution in [2.24, 2.45) is 0 Å². The zero-order chi connectivity index (χ0) is 26.2. The van der Waals surface area contributed by atoms with Crippen molar-refractivity contribution in [3.8, 4) is 22.3 Å². The van der Waals surface area contributed by atoms with E-state index in [0.29, 0.717) is 0 Å². The van der Waals surface area contributed by atoms with Gasteiger partial charge in [-0.25, -0.2) is 0 Å². The lowest BCUT2D eigenvalue weighted by molar-refractivity contribution is 1.37. The first-order chi connectivity index (χ1) is 19.9. The Morgan fingerprint density at radius 3 is 1.40 bits per heavy atom. The average molecular weight is 544 g/mol. The molecule has 0 saturated heterocycles. The van der Waals surface area contributed by atoms with Crippen LogP contribution in [0.5, 0.6) is 0 Å². The minimum atomic E-state index is 1.19. The Kier molecular flexibility index (Phi) is 4.71. The van der Waals surface area contributed by atoms with Crippen molar-refractivity contribution in [1.29, 1.82) is 0 Å². The molecule has 3 heteroatoms. The van der Waals surface area contributed by atoms with Gasteiger partial charge in [0.2, 0.25) is 0 Å². The zero-order valence-electron chi connectivity index (χ0n) is 21.4. The van der Waals surface area contributed by atoms with Gasteiger partial charge in [-0.05, 0) is 68.7 Å². The van der Waals surface area contributed by atoms with E-state index in [9.17, 15) is 0 Å². The van der Waals surface area contributed by atoms with E-state index in [1.54, 1.807) is 0 Å². The molecular formula is C37H21NS2. The molecular weight excluding hydrogens is 523 g/mol. The van der Waals surface area contributed by atoms with Crippen LogP contribution in [0.3, 0.4) is 0 Å². The normalized spacial score (nSPS) is 12.0. The third kappa shape index (κ3) is 3.05. The fourth-order valence-electron chi connectivity index (χ4n) is 6.57. The number of aromatic nitrogens is 1. The number of thiophene rings is 2. The molecule has 0 radical (unpaired) electrons. The Morgan fingerprint density at radius 2 is 0.825 bits per heavy atom. The molecule has 9 rings (SSSR count). The summed E-state index contributed by atoms with van der Waals surface area (Å²) in [5.41, 5.74) is 5.11. The van der Waals surface area contributed by atoms with Crippen LogP contribution in [-0.2, 0) is 0 Å². The van der Waals surface area contributed by atoms with Crippen molar-refractivity contribution in [3.05, 3.63) is 128 Å². The molecule has 0 amide bonds. The van der Waals surface area contributed by atoms with Crippen molar-refractivity contribution in [2.75, 3.05) is 0 Å². The molecule has 3 heterocycles. The second-order valence-electron chi connectivity index (χ2n) is 10.3. The molecule has 0 unspecified atom stereocenters. The number of pyridine rings is 1. The third-order valence-corrected chi connectivity index (χ3v) is 10.4. The van der Waals surface area contributed by atoms with Crippen molar-refractivity contribution in [3.63, 3.8) is 0 Å². The maximum absolute atomic E-state index is 4.68. The minimum absolute atomic E-state index is 1.19. The van der Waals surface area contributed by atoms with Gasteiger partial charge < -0.3 is 0 Å². The maximum atomic E-state index is 4.68. The van der Waals surface area contributed by atoms with Gasteiger partial charge in [0.25, 0.3) is 0 Å². The van der Waals surface area contributed by atoms with Gasteiger partial charge in [-0.1, -0.05) is 84.9 Å². The first-order valence-corrected chi connectivity index (χ1v) is 15.1. The summed E-state index contributed by atoms with van der Waals surface area (Å²) in [6.45, 7) is 0. The average Bonchev–Trinajstić information content (AvgIpc) is 3.58. The third-order valence-electron chi connectivity index (χ3n) is 8.17. The quantitative estimate of drug-likeness (QED) is 0.198. The molecule has 0 fully saturated rings. The standard InChI is InChI=1S/C37H21NS2/c1-2-10-23-22(9-1)34(27-13-7-17-32-36(27)25-11-3-5-15-30(25)39-32)24-19-20-38-21-29(24)35(23)28-14-8-18-33-37(28)26-12-4-6-16-31(26)40-33/h1-21H. The topological polar surface area (TPSA) is 12.9 Å². The molecule has 0 aliphatic carbocycles. The molecule has 0 bridgehead atoms.